The number of para-hydroxylation sites is 2. The van der Waals surface area contributed by atoms with Crippen molar-refractivity contribution in [1.82, 2.24) is 14.4 Å². The van der Waals surface area contributed by atoms with E-state index in [1.54, 1.807) is 4.40 Å². The molecule has 0 bridgehead atoms. The van der Waals surface area contributed by atoms with Crippen LogP contribution in [0.25, 0.3) is 16.7 Å². The molecular formula is C11H6N3NaO2. The van der Waals surface area contributed by atoms with Gasteiger partial charge in [-0.2, -0.15) is 0 Å². The molecule has 6 heteroatoms. The Bertz CT molecular complexity index is 708. The number of carbonyl (C=O) groups is 1. The summed E-state index contributed by atoms with van der Waals surface area (Å²) < 4.78 is 1.69. The van der Waals surface area contributed by atoms with Gasteiger partial charge in [-0.25, -0.2) is 4.98 Å². The largest absolute Gasteiger partial charge is 1.00 e. The van der Waals surface area contributed by atoms with Crippen LogP contribution in [-0.4, -0.2) is 20.3 Å². The van der Waals surface area contributed by atoms with Crippen LogP contribution in [0.15, 0.2) is 36.7 Å². The number of carbonyl (C=O) groups excluding carboxylic acids is 1. The number of benzene rings is 1. The quantitative estimate of drug-likeness (QED) is 0.429. The van der Waals surface area contributed by atoms with E-state index in [4.69, 9.17) is 0 Å². The standard InChI is InChI=1S/C11H7N3O2.Na/c15-11(16)8-6-14-9-4-2-1-3-7(9)12-5-10(14)13-8;/h1-6H,(H,15,16);/q;+1/p-1. The molecule has 0 aliphatic rings. The smallest absolute Gasteiger partial charge is 0.543 e. The maximum atomic E-state index is 10.7. The maximum absolute atomic E-state index is 10.7. The summed E-state index contributed by atoms with van der Waals surface area (Å²) in [5, 5.41) is 10.7. The Hall–Kier alpha value is -1.43. The Morgan fingerprint density at radius 2 is 2.06 bits per heavy atom. The summed E-state index contributed by atoms with van der Waals surface area (Å²) in [7, 11) is 0. The SMILES string of the molecule is O=C([O-])c1cn2c(cnc3ccccc32)n1.[Na+]. The average Bonchev–Trinajstić information content (AvgIpc) is 2.73. The second-order valence-electron chi connectivity index (χ2n) is 3.39. The third-order valence-corrected chi connectivity index (χ3v) is 2.40. The molecule has 2 aromatic heterocycles. The summed E-state index contributed by atoms with van der Waals surface area (Å²) in [6.45, 7) is 0. The first-order valence-electron chi connectivity index (χ1n) is 4.70. The number of hydrogen-bond donors (Lipinski definition) is 0. The van der Waals surface area contributed by atoms with Gasteiger partial charge >= 0.3 is 29.6 Å². The zero-order chi connectivity index (χ0) is 11.1. The van der Waals surface area contributed by atoms with Gasteiger partial charge < -0.3 is 9.90 Å². The van der Waals surface area contributed by atoms with Gasteiger partial charge in [-0.1, -0.05) is 12.1 Å². The predicted molar refractivity (Wildman–Crippen MR) is 54.8 cm³/mol. The van der Waals surface area contributed by atoms with Crippen molar-refractivity contribution >= 4 is 22.6 Å². The molecule has 0 fully saturated rings. The number of fused-ring (bicyclic) bond motifs is 3. The van der Waals surface area contributed by atoms with Crippen molar-refractivity contribution in [3.63, 3.8) is 0 Å². The van der Waals surface area contributed by atoms with E-state index >= 15 is 0 Å². The molecular weight excluding hydrogens is 229 g/mol. The molecule has 0 amide bonds. The van der Waals surface area contributed by atoms with E-state index in [1.165, 1.54) is 12.4 Å². The second-order valence-corrected chi connectivity index (χ2v) is 3.39. The van der Waals surface area contributed by atoms with Crippen LogP contribution in [0.2, 0.25) is 0 Å². The molecule has 1 aromatic carbocycles. The average molecular weight is 235 g/mol. The van der Waals surface area contributed by atoms with Crippen molar-refractivity contribution < 1.29 is 39.5 Å². The molecule has 0 aliphatic heterocycles. The van der Waals surface area contributed by atoms with Crippen LogP contribution in [0.5, 0.6) is 0 Å². The molecule has 3 aromatic rings. The number of aromatic carboxylic acids is 1. The van der Waals surface area contributed by atoms with Gasteiger partial charge in [0.1, 0.15) is 5.69 Å². The first-order valence-corrected chi connectivity index (χ1v) is 4.70. The Balaban J connectivity index is 0.00000108. The summed E-state index contributed by atoms with van der Waals surface area (Å²) in [5.74, 6) is -1.28. The minimum atomic E-state index is -1.28. The Morgan fingerprint density at radius 1 is 1.29 bits per heavy atom. The minimum absolute atomic E-state index is 0. The molecule has 17 heavy (non-hydrogen) atoms. The first-order chi connectivity index (χ1) is 7.75. The Labute approximate surface area is 118 Å². The zero-order valence-corrected chi connectivity index (χ0v) is 11.1. The normalized spacial score (nSPS) is 10.4. The fraction of sp³-hybridized carbons (Fsp3) is 0. The summed E-state index contributed by atoms with van der Waals surface area (Å²) in [6, 6.07) is 7.45. The van der Waals surface area contributed by atoms with E-state index in [9.17, 15) is 9.90 Å². The van der Waals surface area contributed by atoms with E-state index in [2.05, 4.69) is 9.97 Å². The van der Waals surface area contributed by atoms with Crippen LogP contribution in [-0.2, 0) is 0 Å². The molecule has 0 saturated heterocycles. The van der Waals surface area contributed by atoms with Crippen molar-refractivity contribution in [2.75, 3.05) is 0 Å². The molecule has 2 heterocycles. The van der Waals surface area contributed by atoms with Crippen molar-refractivity contribution in [3.8, 4) is 0 Å². The van der Waals surface area contributed by atoms with E-state index in [-0.39, 0.29) is 35.3 Å². The monoisotopic (exact) mass is 235 g/mol. The number of rotatable bonds is 1. The van der Waals surface area contributed by atoms with Gasteiger partial charge in [-0.15, -0.1) is 0 Å². The van der Waals surface area contributed by atoms with Gasteiger partial charge in [0.15, 0.2) is 5.65 Å². The first kappa shape index (κ1) is 12.0. The maximum Gasteiger partial charge on any atom is 1.00 e. The molecule has 0 saturated carbocycles. The summed E-state index contributed by atoms with van der Waals surface area (Å²) in [6.07, 6.45) is 2.98. The predicted octanol–water partition coefficient (Wildman–Crippen LogP) is -2.75. The minimum Gasteiger partial charge on any atom is -0.543 e. The second kappa shape index (κ2) is 4.44. The molecule has 0 atom stereocenters. The molecule has 0 spiro atoms. The number of nitrogens with zero attached hydrogens (tertiary/aromatic N) is 3. The van der Waals surface area contributed by atoms with Gasteiger partial charge in [0.2, 0.25) is 0 Å². The van der Waals surface area contributed by atoms with Crippen LogP contribution in [0.1, 0.15) is 10.5 Å². The fourth-order valence-corrected chi connectivity index (χ4v) is 1.68. The van der Waals surface area contributed by atoms with Crippen LogP contribution < -0.4 is 34.7 Å². The molecule has 78 valence electrons. The van der Waals surface area contributed by atoms with E-state index in [0.717, 1.165) is 11.0 Å². The van der Waals surface area contributed by atoms with Gasteiger partial charge in [0, 0.05) is 6.20 Å². The Kier molecular flexibility index (Phi) is 3.15. The van der Waals surface area contributed by atoms with Crippen molar-refractivity contribution in [1.29, 1.82) is 0 Å². The summed E-state index contributed by atoms with van der Waals surface area (Å²) in [5.41, 5.74) is 2.02. The number of carboxylic acid groups (broad SMARTS) is 1. The molecule has 3 rings (SSSR count). The van der Waals surface area contributed by atoms with Crippen LogP contribution in [0, 0.1) is 0 Å². The van der Waals surface area contributed by atoms with Crippen LogP contribution >= 0.6 is 0 Å². The zero-order valence-electron chi connectivity index (χ0n) is 9.12. The van der Waals surface area contributed by atoms with Gasteiger partial charge in [-0.3, -0.25) is 9.38 Å². The number of aromatic nitrogens is 3. The van der Waals surface area contributed by atoms with E-state index in [1.807, 2.05) is 24.3 Å². The number of hydrogen-bond acceptors (Lipinski definition) is 4. The molecule has 5 nitrogen and oxygen atoms in total. The van der Waals surface area contributed by atoms with Crippen molar-refractivity contribution in [2.24, 2.45) is 0 Å². The van der Waals surface area contributed by atoms with Gasteiger partial charge in [-0.05, 0) is 12.1 Å². The van der Waals surface area contributed by atoms with Gasteiger partial charge in [0.25, 0.3) is 0 Å². The number of imidazole rings is 1. The third-order valence-electron chi connectivity index (χ3n) is 2.40. The van der Waals surface area contributed by atoms with Crippen molar-refractivity contribution in [3.05, 3.63) is 42.4 Å². The topological polar surface area (TPSA) is 70.3 Å². The van der Waals surface area contributed by atoms with Crippen molar-refractivity contribution in [2.45, 2.75) is 0 Å². The third kappa shape index (κ3) is 1.93. The molecule has 0 aliphatic carbocycles. The molecule has 0 radical (unpaired) electrons. The Morgan fingerprint density at radius 3 is 2.82 bits per heavy atom. The number of carboxylic acids is 1. The van der Waals surface area contributed by atoms with Crippen LogP contribution in [0.3, 0.4) is 0 Å². The van der Waals surface area contributed by atoms with Gasteiger partial charge in [0.05, 0.1) is 23.2 Å². The van der Waals surface area contributed by atoms with E-state index < -0.39 is 5.97 Å². The molecule has 0 unspecified atom stereocenters. The summed E-state index contributed by atoms with van der Waals surface area (Å²) in [4.78, 5) is 18.8. The fourth-order valence-electron chi connectivity index (χ4n) is 1.68. The molecule has 0 N–H and O–H groups in total. The van der Waals surface area contributed by atoms with E-state index in [0.29, 0.717) is 5.65 Å². The van der Waals surface area contributed by atoms with Crippen LogP contribution in [0.4, 0.5) is 0 Å². The summed E-state index contributed by atoms with van der Waals surface area (Å²) >= 11 is 0.